The summed E-state index contributed by atoms with van der Waals surface area (Å²) in [7, 11) is 0. The molecule has 0 unspecified atom stereocenters. The van der Waals surface area contributed by atoms with Crippen LogP contribution in [0.1, 0.15) is 0 Å². The van der Waals surface area contributed by atoms with Crippen molar-refractivity contribution in [2.24, 2.45) is 0 Å². The number of rotatable bonds is 4. The van der Waals surface area contributed by atoms with Gasteiger partial charge in [-0.2, -0.15) is 0 Å². The maximum atomic E-state index is 4.89. The Kier molecular flexibility index (Phi) is 4.40. The monoisotopic (exact) mass is 412 g/mol. The van der Waals surface area contributed by atoms with E-state index in [1.54, 1.807) is 6.20 Å². The molecule has 2 heterocycles. The number of benzene rings is 4. The van der Waals surface area contributed by atoms with E-state index in [4.69, 9.17) is 4.98 Å². The molecule has 0 spiro atoms. The van der Waals surface area contributed by atoms with Crippen LogP contribution in [0.25, 0.3) is 50.4 Å². The first kappa shape index (κ1) is 18.3. The van der Waals surface area contributed by atoms with Crippen molar-refractivity contribution in [1.29, 1.82) is 0 Å². The van der Waals surface area contributed by atoms with Crippen molar-refractivity contribution in [1.82, 2.24) is 19.5 Å². The molecule has 0 aliphatic carbocycles. The van der Waals surface area contributed by atoms with Crippen molar-refractivity contribution in [2.45, 2.75) is 0 Å². The van der Waals surface area contributed by atoms with Gasteiger partial charge in [-0.15, -0.1) is 0 Å². The third kappa shape index (κ3) is 3.01. The number of H-pyrrole nitrogens is 1. The minimum Gasteiger partial charge on any atom is -0.330 e. The van der Waals surface area contributed by atoms with Crippen LogP contribution in [0.5, 0.6) is 0 Å². The van der Waals surface area contributed by atoms with Gasteiger partial charge in [0.25, 0.3) is 0 Å². The van der Waals surface area contributed by atoms with Crippen molar-refractivity contribution < 1.29 is 0 Å². The Balaban J connectivity index is 1.63. The third-order valence-corrected chi connectivity index (χ3v) is 5.79. The second-order valence-electron chi connectivity index (χ2n) is 7.66. The molecule has 32 heavy (non-hydrogen) atoms. The van der Waals surface area contributed by atoms with E-state index in [0.29, 0.717) is 0 Å². The average Bonchev–Trinajstić information content (AvgIpc) is 3.54. The zero-order valence-corrected chi connectivity index (χ0v) is 17.3. The molecule has 0 fully saturated rings. The third-order valence-electron chi connectivity index (χ3n) is 5.79. The largest absolute Gasteiger partial charge is 0.330 e. The van der Waals surface area contributed by atoms with E-state index >= 15 is 0 Å². The summed E-state index contributed by atoms with van der Waals surface area (Å²) < 4.78 is 2.02. The molecule has 2 aromatic heterocycles. The number of hydrogen-bond acceptors (Lipinski definition) is 2. The van der Waals surface area contributed by atoms with Gasteiger partial charge >= 0.3 is 0 Å². The lowest BCUT2D eigenvalue weighted by Gasteiger charge is -2.14. The smallest absolute Gasteiger partial charge is 0.212 e. The number of nitrogens with one attached hydrogen (secondary N) is 1. The highest BCUT2D eigenvalue weighted by atomic mass is 15.2. The fourth-order valence-electron chi connectivity index (χ4n) is 4.35. The van der Waals surface area contributed by atoms with Crippen molar-refractivity contribution >= 4 is 10.8 Å². The van der Waals surface area contributed by atoms with E-state index in [2.05, 4.69) is 101 Å². The van der Waals surface area contributed by atoms with Crippen LogP contribution in [0.3, 0.4) is 0 Å². The van der Waals surface area contributed by atoms with E-state index in [-0.39, 0.29) is 0 Å². The second kappa shape index (κ2) is 7.67. The number of hydrogen-bond donors (Lipinski definition) is 1. The summed E-state index contributed by atoms with van der Waals surface area (Å²) in [5.74, 6) is 0.741. The lowest BCUT2D eigenvalue weighted by atomic mass is 9.92. The Morgan fingerprint density at radius 3 is 2.19 bits per heavy atom. The molecule has 0 aliphatic rings. The van der Waals surface area contributed by atoms with E-state index in [9.17, 15) is 0 Å². The average molecular weight is 412 g/mol. The van der Waals surface area contributed by atoms with Gasteiger partial charge in [0.2, 0.25) is 5.95 Å². The predicted molar refractivity (Wildman–Crippen MR) is 130 cm³/mol. The molecule has 0 aliphatic heterocycles. The van der Waals surface area contributed by atoms with E-state index in [1.165, 1.54) is 16.3 Å². The fourth-order valence-corrected chi connectivity index (χ4v) is 4.35. The predicted octanol–water partition coefficient (Wildman–Crippen LogP) is 6.75. The first-order chi connectivity index (χ1) is 15.9. The van der Waals surface area contributed by atoms with Gasteiger partial charge in [0.1, 0.15) is 6.33 Å². The van der Waals surface area contributed by atoms with Gasteiger partial charge in [-0.1, -0.05) is 97.1 Å². The van der Waals surface area contributed by atoms with Crippen molar-refractivity contribution in [3.8, 4) is 39.6 Å². The normalized spacial score (nSPS) is 11.1. The quantitative estimate of drug-likeness (QED) is 0.348. The fraction of sp³-hybridized carbons (Fsp3) is 0. The van der Waals surface area contributed by atoms with E-state index < -0.39 is 0 Å². The topological polar surface area (TPSA) is 46.5 Å². The van der Waals surface area contributed by atoms with Crippen molar-refractivity contribution in [2.75, 3.05) is 0 Å². The molecular formula is C28H20N4. The van der Waals surface area contributed by atoms with Crippen LogP contribution in [-0.2, 0) is 0 Å². The standard InChI is InChI=1S/C28H20N4/c1-2-10-21(11-3-1)27-26(31-19-32(27)28-29-17-18-30-28)25-15-7-6-14-24(25)23-16-8-12-20-9-4-5-13-22(20)23/h1-19H,(H,29,30). The highest BCUT2D eigenvalue weighted by Gasteiger charge is 2.20. The Morgan fingerprint density at radius 1 is 0.625 bits per heavy atom. The van der Waals surface area contributed by atoms with Crippen LogP contribution >= 0.6 is 0 Å². The zero-order chi connectivity index (χ0) is 21.3. The maximum absolute atomic E-state index is 4.89. The van der Waals surface area contributed by atoms with Gasteiger partial charge in [0, 0.05) is 23.5 Å². The summed E-state index contributed by atoms with van der Waals surface area (Å²) in [6.45, 7) is 0. The highest BCUT2D eigenvalue weighted by Crippen LogP contribution is 2.40. The number of imidazole rings is 2. The SMILES string of the molecule is c1ccc(-c2c(-c3ccccc3-c3cccc4ccccc34)ncn2-c2ncc[nH]2)cc1. The molecule has 0 atom stereocenters. The van der Waals surface area contributed by atoms with Crippen LogP contribution in [-0.4, -0.2) is 19.5 Å². The zero-order valence-electron chi connectivity index (χ0n) is 17.3. The van der Waals surface area contributed by atoms with Crippen LogP contribution in [0.4, 0.5) is 0 Å². The molecule has 0 saturated carbocycles. The maximum Gasteiger partial charge on any atom is 0.212 e. The number of aromatic nitrogens is 4. The number of nitrogens with zero attached hydrogens (tertiary/aromatic N) is 3. The van der Waals surface area contributed by atoms with Gasteiger partial charge in [-0.05, 0) is 21.9 Å². The molecule has 4 aromatic carbocycles. The molecule has 6 rings (SSSR count). The van der Waals surface area contributed by atoms with Gasteiger partial charge < -0.3 is 4.98 Å². The minimum atomic E-state index is 0.741. The number of aromatic amines is 1. The first-order valence-corrected chi connectivity index (χ1v) is 10.6. The first-order valence-electron chi connectivity index (χ1n) is 10.6. The molecule has 0 saturated heterocycles. The lowest BCUT2D eigenvalue weighted by Crippen LogP contribution is -1.98. The molecule has 4 heteroatoms. The summed E-state index contributed by atoms with van der Waals surface area (Å²) in [6, 6.07) is 33.8. The summed E-state index contributed by atoms with van der Waals surface area (Å²) >= 11 is 0. The molecule has 1 N–H and O–H groups in total. The molecule has 0 bridgehead atoms. The van der Waals surface area contributed by atoms with Crippen LogP contribution < -0.4 is 0 Å². The van der Waals surface area contributed by atoms with Crippen LogP contribution in [0, 0.1) is 0 Å². The van der Waals surface area contributed by atoms with Gasteiger partial charge in [-0.3, -0.25) is 4.57 Å². The van der Waals surface area contributed by atoms with Crippen LogP contribution in [0.2, 0.25) is 0 Å². The van der Waals surface area contributed by atoms with Crippen molar-refractivity contribution in [3.05, 3.63) is 116 Å². The summed E-state index contributed by atoms with van der Waals surface area (Å²) in [5.41, 5.74) is 6.47. The van der Waals surface area contributed by atoms with E-state index in [1.807, 2.05) is 23.2 Å². The summed E-state index contributed by atoms with van der Waals surface area (Å²) in [5, 5.41) is 2.46. The molecule has 0 radical (unpaired) electrons. The van der Waals surface area contributed by atoms with Crippen molar-refractivity contribution in [3.63, 3.8) is 0 Å². The van der Waals surface area contributed by atoms with Gasteiger partial charge in [0.05, 0.1) is 11.4 Å². The van der Waals surface area contributed by atoms with Gasteiger partial charge in [0.15, 0.2) is 0 Å². The van der Waals surface area contributed by atoms with E-state index in [0.717, 1.165) is 34.0 Å². The lowest BCUT2D eigenvalue weighted by molar-refractivity contribution is 0.966. The summed E-state index contributed by atoms with van der Waals surface area (Å²) in [6.07, 6.45) is 5.43. The summed E-state index contributed by atoms with van der Waals surface area (Å²) in [4.78, 5) is 12.6. The molecular weight excluding hydrogens is 392 g/mol. The molecule has 4 nitrogen and oxygen atoms in total. The molecule has 152 valence electrons. The Hall–Kier alpha value is -4.44. The van der Waals surface area contributed by atoms with Gasteiger partial charge in [-0.25, -0.2) is 9.97 Å². The molecule has 0 amide bonds. The minimum absolute atomic E-state index is 0.741. The Morgan fingerprint density at radius 2 is 1.34 bits per heavy atom. The Labute approximate surface area is 185 Å². The molecule has 6 aromatic rings. The highest BCUT2D eigenvalue weighted by molar-refractivity contribution is 6.01. The number of fused-ring (bicyclic) bond motifs is 1. The van der Waals surface area contributed by atoms with Crippen LogP contribution in [0.15, 0.2) is 116 Å². The Bertz CT molecular complexity index is 1510. The second-order valence-corrected chi connectivity index (χ2v) is 7.66.